The Kier molecular flexibility index (Phi) is 4.74. The molecule has 1 amide bonds. The molecule has 4 nitrogen and oxygen atoms in total. The Morgan fingerprint density at radius 3 is 2.55 bits per heavy atom. The number of halogens is 1. The van der Waals surface area contributed by atoms with Gasteiger partial charge in [0.05, 0.1) is 11.9 Å². The van der Waals surface area contributed by atoms with Gasteiger partial charge >= 0.3 is 0 Å². The van der Waals surface area contributed by atoms with E-state index in [1.54, 1.807) is 18.3 Å². The number of anilines is 2. The lowest BCUT2D eigenvalue weighted by atomic mass is 10.2. The number of nitrogens with one attached hydrogen (secondary N) is 2. The number of hydrogen-bond acceptors (Lipinski definition) is 3. The standard InChI is InChI=1S/C15H14ClN3O/c1-11(20)18-14-7-5-12(6-8-14)10-17-19-15-4-2-3-13(16)9-15/h2-10,19H,1H3,(H,18,20)/b17-10+. The zero-order chi connectivity index (χ0) is 14.4. The lowest BCUT2D eigenvalue weighted by molar-refractivity contribution is -0.114. The molecule has 0 radical (unpaired) electrons. The molecule has 0 aliphatic heterocycles. The topological polar surface area (TPSA) is 53.5 Å². The molecule has 0 spiro atoms. The van der Waals surface area contributed by atoms with E-state index in [1.165, 1.54) is 6.92 Å². The van der Waals surface area contributed by atoms with Gasteiger partial charge in [-0.3, -0.25) is 10.2 Å². The summed E-state index contributed by atoms with van der Waals surface area (Å²) in [4.78, 5) is 10.9. The van der Waals surface area contributed by atoms with E-state index in [2.05, 4.69) is 15.8 Å². The van der Waals surface area contributed by atoms with E-state index < -0.39 is 0 Å². The highest BCUT2D eigenvalue weighted by Crippen LogP contribution is 2.14. The van der Waals surface area contributed by atoms with Crippen LogP contribution in [0.4, 0.5) is 11.4 Å². The van der Waals surface area contributed by atoms with Crippen LogP contribution in [0, 0.1) is 0 Å². The molecule has 0 saturated carbocycles. The van der Waals surface area contributed by atoms with Gasteiger partial charge in [-0.25, -0.2) is 0 Å². The first-order chi connectivity index (χ1) is 9.63. The van der Waals surface area contributed by atoms with Crippen molar-refractivity contribution in [3.8, 4) is 0 Å². The molecule has 0 aliphatic rings. The van der Waals surface area contributed by atoms with Gasteiger partial charge in [-0.15, -0.1) is 0 Å². The van der Waals surface area contributed by atoms with Crippen LogP contribution in [0.15, 0.2) is 53.6 Å². The Labute approximate surface area is 122 Å². The number of benzene rings is 2. The molecule has 0 aliphatic carbocycles. The van der Waals surface area contributed by atoms with Gasteiger partial charge in [0, 0.05) is 17.6 Å². The van der Waals surface area contributed by atoms with Crippen LogP contribution in [0.2, 0.25) is 5.02 Å². The molecule has 0 atom stereocenters. The zero-order valence-corrected chi connectivity index (χ0v) is 11.7. The average molecular weight is 288 g/mol. The Balaban J connectivity index is 1.96. The van der Waals surface area contributed by atoms with Crippen molar-refractivity contribution in [2.45, 2.75) is 6.92 Å². The number of carbonyl (C=O) groups is 1. The second kappa shape index (κ2) is 6.73. The Hall–Kier alpha value is -2.33. The lowest BCUT2D eigenvalue weighted by Crippen LogP contribution is -2.05. The average Bonchev–Trinajstić information content (AvgIpc) is 2.40. The van der Waals surface area contributed by atoms with Gasteiger partial charge in [0.25, 0.3) is 0 Å². The highest BCUT2D eigenvalue weighted by Gasteiger charge is 1.95. The minimum Gasteiger partial charge on any atom is -0.326 e. The van der Waals surface area contributed by atoms with Gasteiger partial charge in [-0.1, -0.05) is 29.8 Å². The largest absolute Gasteiger partial charge is 0.326 e. The second-order valence-electron chi connectivity index (χ2n) is 4.18. The van der Waals surface area contributed by atoms with Crippen molar-refractivity contribution < 1.29 is 4.79 Å². The summed E-state index contributed by atoms with van der Waals surface area (Å²) >= 11 is 5.87. The molecule has 20 heavy (non-hydrogen) atoms. The van der Waals surface area contributed by atoms with Crippen molar-refractivity contribution in [3.05, 3.63) is 59.1 Å². The highest BCUT2D eigenvalue weighted by atomic mass is 35.5. The zero-order valence-electron chi connectivity index (χ0n) is 10.9. The lowest BCUT2D eigenvalue weighted by Gasteiger charge is -2.02. The number of hydrazone groups is 1. The summed E-state index contributed by atoms with van der Waals surface area (Å²) in [5.41, 5.74) is 5.41. The van der Waals surface area contributed by atoms with E-state index >= 15 is 0 Å². The SMILES string of the molecule is CC(=O)Nc1ccc(/C=N/Nc2cccc(Cl)c2)cc1. The first-order valence-electron chi connectivity index (χ1n) is 6.06. The van der Waals surface area contributed by atoms with E-state index in [1.807, 2.05) is 36.4 Å². The second-order valence-corrected chi connectivity index (χ2v) is 4.62. The molecular formula is C15H14ClN3O. The normalized spacial score (nSPS) is 10.5. The molecule has 2 rings (SSSR count). The minimum atomic E-state index is -0.0889. The third-order valence-corrected chi connectivity index (χ3v) is 2.70. The molecule has 102 valence electrons. The quantitative estimate of drug-likeness (QED) is 0.665. The summed E-state index contributed by atoms with van der Waals surface area (Å²) in [5, 5.41) is 7.49. The monoisotopic (exact) mass is 287 g/mol. The molecule has 0 aromatic heterocycles. The van der Waals surface area contributed by atoms with Crippen LogP contribution in [-0.4, -0.2) is 12.1 Å². The third kappa shape index (κ3) is 4.40. The first-order valence-corrected chi connectivity index (χ1v) is 6.43. The van der Waals surface area contributed by atoms with Crippen LogP contribution in [0.5, 0.6) is 0 Å². The van der Waals surface area contributed by atoms with E-state index in [9.17, 15) is 4.79 Å². The number of amides is 1. The maximum absolute atomic E-state index is 10.9. The van der Waals surface area contributed by atoms with Gasteiger partial charge in [-0.05, 0) is 35.9 Å². The van der Waals surface area contributed by atoms with E-state index in [-0.39, 0.29) is 5.91 Å². The fourth-order valence-corrected chi connectivity index (χ4v) is 1.79. The van der Waals surface area contributed by atoms with Crippen LogP contribution in [0.25, 0.3) is 0 Å². The predicted octanol–water partition coefficient (Wildman–Crippen LogP) is 3.74. The van der Waals surface area contributed by atoms with Gasteiger partial charge < -0.3 is 5.32 Å². The predicted molar refractivity (Wildman–Crippen MR) is 83.4 cm³/mol. The van der Waals surface area contributed by atoms with Crippen LogP contribution in [0.3, 0.4) is 0 Å². The summed E-state index contributed by atoms with van der Waals surface area (Å²) in [6.07, 6.45) is 1.69. The van der Waals surface area contributed by atoms with Crippen molar-refractivity contribution in [3.63, 3.8) is 0 Å². The maximum atomic E-state index is 10.9. The first kappa shape index (κ1) is 14.1. The molecule has 2 aromatic carbocycles. The van der Waals surface area contributed by atoms with Crippen molar-refractivity contribution in [2.24, 2.45) is 5.10 Å². The Bertz CT molecular complexity index is 623. The number of carbonyl (C=O) groups excluding carboxylic acids is 1. The Morgan fingerprint density at radius 1 is 1.15 bits per heavy atom. The van der Waals surface area contributed by atoms with Gasteiger partial charge in [0.2, 0.25) is 5.91 Å². The summed E-state index contributed by atoms with van der Waals surface area (Å²) in [6, 6.07) is 14.7. The van der Waals surface area contributed by atoms with Gasteiger partial charge in [0.1, 0.15) is 0 Å². The molecule has 0 heterocycles. The van der Waals surface area contributed by atoms with Crippen LogP contribution in [0.1, 0.15) is 12.5 Å². The molecule has 0 unspecified atom stereocenters. The maximum Gasteiger partial charge on any atom is 0.221 e. The van der Waals surface area contributed by atoms with Crippen LogP contribution >= 0.6 is 11.6 Å². The van der Waals surface area contributed by atoms with E-state index in [0.717, 1.165) is 16.9 Å². The van der Waals surface area contributed by atoms with Crippen molar-refractivity contribution in [1.29, 1.82) is 0 Å². The summed E-state index contributed by atoms with van der Waals surface area (Å²) in [5.74, 6) is -0.0889. The van der Waals surface area contributed by atoms with E-state index in [0.29, 0.717) is 5.02 Å². The van der Waals surface area contributed by atoms with E-state index in [4.69, 9.17) is 11.6 Å². The molecule has 2 aromatic rings. The summed E-state index contributed by atoms with van der Waals surface area (Å²) < 4.78 is 0. The minimum absolute atomic E-state index is 0.0889. The highest BCUT2D eigenvalue weighted by molar-refractivity contribution is 6.30. The van der Waals surface area contributed by atoms with Crippen molar-refractivity contribution in [1.82, 2.24) is 0 Å². The molecule has 0 bridgehead atoms. The fourth-order valence-electron chi connectivity index (χ4n) is 1.60. The summed E-state index contributed by atoms with van der Waals surface area (Å²) in [7, 11) is 0. The van der Waals surface area contributed by atoms with Crippen molar-refractivity contribution in [2.75, 3.05) is 10.7 Å². The Morgan fingerprint density at radius 2 is 1.90 bits per heavy atom. The van der Waals surface area contributed by atoms with Crippen LogP contribution in [-0.2, 0) is 4.79 Å². The molecule has 0 saturated heterocycles. The number of nitrogens with zero attached hydrogens (tertiary/aromatic N) is 1. The van der Waals surface area contributed by atoms with Crippen LogP contribution < -0.4 is 10.7 Å². The smallest absolute Gasteiger partial charge is 0.221 e. The third-order valence-electron chi connectivity index (χ3n) is 2.46. The number of rotatable bonds is 4. The van der Waals surface area contributed by atoms with Crippen molar-refractivity contribution >= 4 is 35.1 Å². The molecular weight excluding hydrogens is 274 g/mol. The molecule has 2 N–H and O–H groups in total. The summed E-state index contributed by atoms with van der Waals surface area (Å²) in [6.45, 7) is 1.48. The molecule has 0 fully saturated rings. The van der Waals surface area contributed by atoms with Gasteiger partial charge in [-0.2, -0.15) is 5.10 Å². The van der Waals surface area contributed by atoms with Gasteiger partial charge in [0.15, 0.2) is 0 Å². The fraction of sp³-hybridized carbons (Fsp3) is 0.0667. The number of hydrogen-bond donors (Lipinski definition) is 2. The molecule has 5 heteroatoms.